The van der Waals surface area contributed by atoms with Crippen LogP contribution < -0.4 is 21.7 Å². The maximum Gasteiger partial charge on any atom is 0.326 e. The summed E-state index contributed by atoms with van der Waals surface area (Å²) in [5, 5.41) is 37.1. The van der Waals surface area contributed by atoms with E-state index in [1.165, 1.54) is 12.1 Å². The number of fused-ring (bicyclic) bond motifs is 1. The standard InChI is InChI=1S/C34H37N5O8/c35-25(14-15-30(41)42)31(43)37-28(18-22-19-36-26-9-5-4-8-24(22)26)33(45)38-27(16-20-6-2-1-3-7-20)32(44)39-29(34(46)47)17-21-10-12-23(40)13-11-21/h1-13,19,25,27-29,36,40H,14-18,35H2,(H,37,43)(H,38,45)(H,39,44)(H,41,42)(H,46,47)/t25-,27-,28-,29-/m0/s1. The number of phenolic OH excluding ortho intramolecular Hbond substituents is 1. The quantitative estimate of drug-likeness (QED) is 0.0887. The molecule has 1 heterocycles. The fourth-order valence-corrected chi connectivity index (χ4v) is 5.09. The van der Waals surface area contributed by atoms with E-state index in [0.29, 0.717) is 16.7 Å². The minimum absolute atomic E-state index is 0.00547. The van der Waals surface area contributed by atoms with Crippen molar-refractivity contribution in [3.63, 3.8) is 0 Å². The first-order chi connectivity index (χ1) is 22.5. The smallest absolute Gasteiger partial charge is 0.326 e. The number of aromatic hydroxyl groups is 1. The number of carboxylic acid groups (broad SMARTS) is 2. The molecule has 47 heavy (non-hydrogen) atoms. The van der Waals surface area contributed by atoms with Gasteiger partial charge in [0.2, 0.25) is 17.7 Å². The fraction of sp³-hybridized carbons (Fsp3) is 0.265. The average molecular weight is 644 g/mol. The number of benzene rings is 3. The molecule has 0 radical (unpaired) electrons. The van der Waals surface area contributed by atoms with Gasteiger partial charge in [-0.15, -0.1) is 0 Å². The lowest BCUT2D eigenvalue weighted by Crippen LogP contribution is -2.58. The van der Waals surface area contributed by atoms with E-state index >= 15 is 0 Å². The van der Waals surface area contributed by atoms with Crippen LogP contribution in [-0.2, 0) is 43.2 Å². The molecule has 3 aromatic carbocycles. The molecule has 0 fully saturated rings. The molecular weight excluding hydrogens is 606 g/mol. The summed E-state index contributed by atoms with van der Waals surface area (Å²) in [6.07, 6.45) is 1.14. The van der Waals surface area contributed by atoms with Crippen LogP contribution in [0.15, 0.2) is 85.1 Å². The van der Waals surface area contributed by atoms with Crippen LogP contribution in [0, 0.1) is 0 Å². The second kappa shape index (κ2) is 16.0. The second-order valence-electron chi connectivity index (χ2n) is 11.2. The number of para-hydroxylation sites is 1. The van der Waals surface area contributed by atoms with E-state index in [4.69, 9.17) is 10.8 Å². The van der Waals surface area contributed by atoms with Gasteiger partial charge in [-0.2, -0.15) is 0 Å². The number of nitrogens with one attached hydrogen (secondary N) is 4. The molecule has 0 bridgehead atoms. The zero-order chi connectivity index (χ0) is 33.9. The van der Waals surface area contributed by atoms with Crippen LogP contribution in [0.25, 0.3) is 10.9 Å². The molecule has 0 aliphatic carbocycles. The number of nitrogens with two attached hydrogens (primary N) is 1. The average Bonchev–Trinajstić information content (AvgIpc) is 3.46. The van der Waals surface area contributed by atoms with E-state index in [1.54, 1.807) is 48.7 Å². The van der Waals surface area contributed by atoms with Gasteiger partial charge < -0.3 is 42.0 Å². The highest BCUT2D eigenvalue weighted by atomic mass is 16.4. The monoisotopic (exact) mass is 643 g/mol. The summed E-state index contributed by atoms with van der Waals surface area (Å²) in [4.78, 5) is 66.8. The van der Waals surface area contributed by atoms with E-state index in [2.05, 4.69) is 20.9 Å². The molecule has 4 rings (SSSR count). The molecule has 0 spiro atoms. The molecule has 4 atom stereocenters. The molecule has 0 saturated heterocycles. The van der Waals surface area contributed by atoms with Gasteiger partial charge in [-0.05, 0) is 41.3 Å². The van der Waals surface area contributed by atoms with E-state index in [0.717, 1.165) is 10.9 Å². The largest absolute Gasteiger partial charge is 0.508 e. The summed E-state index contributed by atoms with van der Waals surface area (Å²) in [5.74, 6) is -4.64. The van der Waals surface area contributed by atoms with Crippen LogP contribution in [0.4, 0.5) is 0 Å². The number of H-pyrrole nitrogens is 1. The lowest BCUT2D eigenvalue weighted by molar-refractivity contribution is -0.142. The van der Waals surface area contributed by atoms with Crippen molar-refractivity contribution >= 4 is 40.6 Å². The number of amides is 3. The fourth-order valence-electron chi connectivity index (χ4n) is 5.09. The van der Waals surface area contributed by atoms with Gasteiger partial charge in [0.25, 0.3) is 0 Å². The van der Waals surface area contributed by atoms with Crippen LogP contribution in [-0.4, -0.2) is 74.1 Å². The normalized spacial score (nSPS) is 13.6. The Morgan fingerprint density at radius 1 is 0.681 bits per heavy atom. The van der Waals surface area contributed by atoms with Crippen LogP contribution in [0.2, 0.25) is 0 Å². The Balaban J connectivity index is 1.58. The molecule has 3 amide bonds. The first-order valence-corrected chi connectivity index (χ1v) is 15.0. The number of hydrogen-bond acceptors (Lipinski definition) is 7. The predicted molar refractivity (Wildman–Crippen MR) is 172 cm³/mol. The molecule has 13 heteroatoms. The summed E-state index contributed by atoms with van der Waals surface area (Å²) < 4.78 is 0. The topological polar surface area (TPSA) is 224 Å². The number of aromatic nitrogens is 1. The highest BCUT2D eigenvalue weighted by Crippen LogP contribution is 2.20. The third kappa shape index (κ3) is 9.90. The summed E-state index contributed by atoms with van der Waals surface area (Å²) in [5.41, 5.74) is 8.68. The van der Waals surface area contributed by atoms with E-state index in [-0.39, 0.29) is 37.9 Å². The van der Waals surface area contributed by atoms with Gasteiger partial charge in [0, 0.05) is 42.8 Å². The van der Waals surface area contributed by atoms with E-state index in [1.807, 2.05) is 24.3 Å². The maximum absolute atomic E-state index is 13.9. The van der Waals surface area contributed by atoms with E-state index in [9.17, 15) is 34.2 Å². The summed E-state index contributed by atoms with van der Waals surface area (Å²) in [6, 6.07) is 17.1. The molecule has 0 aliphatic rings. The third-order valence-corrected chi connectivity index (χ3v) is 7.64. The van der Waals surface area contributed by atoms with Crippen molar-refractivity contribution in [2.45, 2.75) is 56.3 Å². The Hall–Kier alpha value is -5.69. The number of carbonyl (C=O) groups excluding carboxylic acids is 3. The second-order valence-corrected chi connectivity index (χ2v) is 11.2. The molecule has 0 saturated carbocycles. The molecule has 0 aliphatic heterocycles. The molecular formula is C34H37N5O8. The zero-order valence-electron chi connectivity index (χ0n) is 25.4. The molecule has 9 N–H and O–H groups in total. The highest BCUT2D eigenvalue weighted by Gasteiger charge is 2.31. The third-order valence-electron chi connectivity index (χ3n) is 7.64. The molecule has 4 aromatic rings. The van der Waals surface area contributed by atoms with Gasteiger partial charge in [-0.3, -0.25) is 19.2 Å². The first-order valence-electron chi connectivity index (χ1n) is 15.0. The molecule has 1 aromatic heterocycles. The van der Waals surface area contributed by atoms with Gasteiger partial charge in [0.05, 0.1) is 6.04 Å². The van der Waals surface area contributed by atoms with Crippen molar-refractivity contribution < 1.29 is 39.3 Å². The summed E-state index contributed by atoms with van der Waals surface area (Å²) in [7, 11) is 0. The number of aromatic amines is 1. The van der Waals surface area contributed by atoms with Crippen molar-refractivity contribution in [1.29, 1.82) is 0 Å². The van der Waals surface area contributed by atoms with Crippen molar-refractivity contribution in [2.24, 2.45) is 5.73 Å². The number of phenols is 1. The van der Waals surface area contributed by atoms with Crippen LogP contribution in [0.3, 0.4) is 0 Å². The Morgan fingerprint density at radius 3 is 1.89 bits per heavy atom. The van der Waals surface area contributed by atoms with Crippen LogP contribution >= 0.6 is 0 Å². The minimum atomic E-state index is -1.35. The summed E-state index contributed by atoms with van der Waals surface area (Å²) >= 11 is 0. The highest BCUT2D eigenvalue weighted by molar-refractivity contribution is 5.95. The Kier molecular flexibility index (Phi) is 11.7. The van der Waals surface area contributed by atoms with Gasteiger partial charge in [0.1, 0.15) is 23.9 Å². The van der Waals surface area contributed by atoms with Gasteiger partial charge in [-0.1, -0.05) is 60.7 Å². The Bertz CT molecular complexity index is 1710. The zero-order valence-corrected chi connectivity index (χ0v) is 25.4. The molecule has 246 valence electrons. The van der Waals surface area contributed by atoms with Crippen molar-refractivity contribution in [3.8, 4) is 5.75 Å². The lowest BCUT2D eigenvalue weighted by Gasteiger charge is -2.25. The Morgan fingerprint density at radius 2 is 1.23 bits per heavy atom. The number of carboxylic acids is 2. The number of hydrogen-bond donors (Lipinski definition) is 8. The maximum atomic E-state index is 13.9. The van der Waals surface area contributed by atoms with Crippen LogP contribution in [0.5, 0.6) is 5.75 Å². The van der Waals surface area contributed by atoms with Gasteiger partial charge in [0.15, 0.2) is 0 Å². The number of carbonyl (C=O) groups is 5. The SMILES string of the molecule is N[C@@H](CCC(=O)O)C(=O)N[C@@H](Cc1c[nH]c2ccccc12)C(=O)N[C@@H](Cc1ccccc1)C(=O)N[C@@H](Cc1ccc(O)cc1)C(=O)O. The Labute approximate surface area is 270 Å². The van der Waals surface area contributed by atoms with Gasteiger partial charge in [-0.25, -0.2) is 4.79 Å². The number of rotatable bonds is 16. The van der Waals surface area contributed by atoms with Gasteiger partial charge >= 0.3 is 11.9 Å². The van der Waals surface area contributed by atoms with E-state index < -0.39 is 53.8 Å². The molecule has 13 nitrogen and oxygen atoms in total. The summed E-state index contributed by atoms with van der Waals surface area (Å²) in [6.45, 7) is 0. The van der Waals surface area contributed by atoms with Crippen LogP contribution in [0.1, 0.15) is 29.5 Å². The minimum Gasteiger partial charge on any atom is -0.508 e. The lowest BCUT2D eigenvalue weighted by atomic mass is 10.0. The van der Waals surface area contributed by atoms with Crippen molar-refractivity contribution in [1.82, 2.24) is 20.9 Å². The first kappa shape index (κ1) is 34.2. The number of aliphatic carboxylic acids is 2. The molecule has 0 unspecified atom stereocenters. The van der Waals surface area contributed by atoms with Crippen molar-refractivity contribution in [2.75, 3.05) is 0 Å². The van der Waals surface area contributed by atoms with Crippen molar-refractivity contribution in [3.05, 3.63) is 102 Å². The predicted octanol–water partition coefficient (Wildman–Crippen LogP) is 1.63.